The molecule has 0 spiro atoms. The smallest absolute Gasteiger partial charge is 0.270 e. The van der Waals surface area contributed by atoms with Crippen LogP contribution in [0.15, 0.2) is 54.7 Å². The number of nitrogens with two attached hydrogens (primary N) is 1. The van der Waals surface area contributed by atoms with E-state index in [1.807, 2.05) is 6.07 Å². The third-order valence-electron chi connectivity index (χ3n) is 3.90. The van der Waals surface area contributed by atoms with E-state index in [0.29, 0.717) is 16.8 Å². The molecule has 0 bridgehead atoms. The number of nitrogens with zero attached hydrogens (tertiary/aromatic N) is 3. The van der Waals surface area contributed by atoms with Crippen molar-refractivity contribution in [2.24, 2.45) is 0 Å². The fraction of sp³-hybridized carbons (Fsp3) is 0. The summed E-state index contributed by atoms with van der Waals surface area (Å²) < 4.78 is 0. The summed E-state index contributed by atoms with van der Waals surface area (Å²) in [6.07, 6.45) is 1.28. The van der Waals surface area contributed by atoms with Gasteiger partial charge in [-0.3, -0.25) is 19.9 Å². The van der Waals surface area contributed by atoms with Crippen LogP contribution >= 0.6 is 0 Å². The van der Waals surface area contributed by atoms with Crippen molar-refractivity contribution >= 4 is 17.2 Å². The van der Waals surface area contributed by atoms with Gasteiger partial charge in [-0.1, -0.05) is 12.1 Å². The van der Waals surface area contributed by atoms with Gasteiger partial charge >= 0.3 is 0 Å². The van der Waals surface area contributed by atoms with E-state index >= 15 is 0 Å². The van der Waals surface area contributed by atoms with Gasteiger partial charge in [0.25, 0.3) is 5.69 Å². The Morgan fingerprint density at radius 3 is 2.48 bits per heavy atom. The number of hydrogen-bond acceptors (Lipinski definition) is 7. The molecule has 8 nitrogen and oxygen atoms in total. The molecule has 0 aliphatic rings. The lowest BCUT2D eigenvalue weighted by molar-refractivity contribution is -0.384. The second-order valence-corrected chi connectivity index (χ2v) is 5.64. The summed E-state index contributed by atoms with van der Waals surface area (Å²) in [7, 11) is 0. The Bertz CT molecular complexity index is 1100. The van der Waals surface area contributed by atoms with Gasteiger partial charge in [-0.25, -0.2) is 0 Å². The first-order valence-electron chi connectivity index (χ1n) is 7.69. The number of nitro groups is 1. The average molecular weight is 360 g/mol. The zero-order valence-electron chi connectivity index (χ0n) is 13.8. The third kappa shape index (κ3) is 3.43. The predicted octanol–water partition coefficient (Wildman–Crippen LogP) is 3.05. The summed E-state index contributed by atoms with van der Waals surface area (Å²) in [5.74, 6) is -1.01. The third-order valence-corrected chi connectivity index (χ3v) is 3.90. The van der Waals surface area contributed by atoms with E-state index in [1.54, 1.807) is 24.3 Å². The number of pyridine rings is 1. The van der Waals surface area contributed by atoms with Crippen LogP contribution in [0, 0.1) is 21.4 Å². The Labute approximate surface area is 153 Å². The van der Waals surface area contributed by atoms with Crippen molar-refractivity contribution in [2.45, 2.75) is 0 Å². The molecule has 0 fully saturated rings. The summed E-state index contributed by atoms with van der Waals surface area (Å²) in [5, 5.41) is 29.6. The highest BCUT2D eigenvalue weighted by Crippen LogP contribution is 2.28. The number of aromatic hydroxyl groups is 1. The number of nitro benzene ring substituents is 1. The molecule has 0 unspecified atom stereocenters. The molecule has 0 saturated carbocycles. The van der Waals surface area contributed by atoms with Crippen molar-refractivity contribution < 1.29 is 14.8 Å². The molecule has 1 heterocycles. The first kappa shape index (κ1) is 17.6. The first-order valence-corrected chi connectivity index (χ1v) is 7.69. The summed E-state index contributed by atoms with van der Waals surface area (Å²) in [6.45, 7) is 0. The van der Waals surface area contributed by atoms with E-state index < -0.39 is 10.7 Å². The summed E-state index contributed by atoms with van der Waals surface area (Å²) in [4.78, 5) is 27.0. The maximum absolute atomic E-state index is 12.6. The Balaban J connectivity index is 1.98. The topological polar surface area (TPSA) is 143 Å². The van der Waals surface area contributed by atoms with Crippen LogP contribution in [0.2, 0.25) is 0 Å². The zero-order valence-corrected chi connectivity index (χ0v) is 13.8. The lowest BCUT2D eigenvalue weighted by Crippen LogP contribution is -2.05. The molecule has 1 aromatic heterocycles. The number of hydrogen-bond donors (Lipinski definition) is 2. The molecule has 132 valence electrons. The maximum Gasteiger partial charge on any atom is 0.270 e. The number of anilines is 1. The van der Waals surface area contributed by atoms with Gasteiger partial charge in [-0.05, 0) is 24.3 Å². The van der Waals surface area contributed by atoms with Gasteiger partial charge in [0, 0.05) is 29.5 Å². The van der Waals surface area contributed by atoms with E-state index in [9.17, 15) is 20.0 Å². The van der Waals surface area contributed by atoms with E-state index in [0.717, 1.165) is 18.2 Å². The monoisotopic (exact) mass is 360 g/mol. The van der Waals surface area contributed by atoms with Crippen LogP contribution in [0.1, 0.15) is 21.5 Å². The van der Waals surface area contributed by atoms with Crippen LogP contribution in [0.3, 0.4) is 0 Å². The first-order chi connectivity index (χ1) is 12.9. The van der Waals surface area contributed by atoms with Crippen LogP contribution in [0.25, 0.3) is 11.3 Å². The number of carbonyl (C=O) groups excluding carboxylic acids is 1. The summed E-state index contributed by atoms with van der Waals surface area (Å²) in [6, 6.07) is 13.2. The van der Waals surface area contributed by atoms with Crippen molar-refractivity contribution in [2.75, 3.05) is 5.73 Å². The van der Waals surface area contributed by atoms with Gasteiger partial charge in [-0.15, -0.1) is 0 Å². The standard InChI is InChI=1S/C19H12N4O4/c20-9-11-1-3-12(4-2-11)18-16(21)7-13(10-22-18)19(25)15-8-14(23(26)27)5-6-17(15)24/h1-8,10,24H,21H2. The fourth-order valence-corrected chi connectivity index (χ4v) is 2.52. The molecule has 3 N–H and O–H groups in total. The van der Waals surface area contributed by atoms with Crippen LogP contribution in [-0.4, -0.2) is 20.8 Å². The van der Waals surface area contributed by atoms with Crippen LogP contribution in [-0.2, 0) is 0 Å². The molecule has 0 atom stereocenters. The molecule has 0 radical (unpaired) electrons. The predicted molar refractivity (Wildman–Crippen MR) is 97.0 cm³/mol. The van der Waals surface area contributed by atoms with Gasteiger partial charge in [0.1, 0.15) is 5.75 Å². The van der Waals surface area contributed by atoms with Crippen molar-refractivity contribution in [3.8, 4) is 23.1 Å². The lowest BCUT2D eigenvalue weighted by atomic mass is 10.0. The summed E-state index contributed by atoms with van der Waals surface area (Å²) in [5.41, 5.74) is 7.37. The van der Waals surface area contributed by atoms with Gasteiger partial charge in [0.2, 0.25) is 0 Å². The molecule has 27 heavy (non-hydrogen) atoms. The highest BCUT2D eigenvalue weighted by molar-refractivity contribution is 6.11. The Hall–Kier alpha value is -4.25. The number of aromatic nitrogens is 1. The van der Waals surface area contributed by atoms with E-state index in [2.05, 4.69) is 4.98 Å². The van der Waals surface area contributed by atoms with Gasteiger partial charge < -0.3 is 10.8 Å². The van der Waals surface area contributed by atoms with Gasteiger partial charge in [-0.2, -0.15) is 5.26 Å². The van der Waals surface area contributed by atoms with Crippen molar-refractivity contribution in [3.05, 3.63) is 81.5 Å². The highest BCUT2D eigenvalue weighted by Gasteiger charge is 2.19. The molecule has 0 saturated heterocycles. The second-order valence-electron chi connectivity index (χ2n) is 5.64. The number of non-ortho nitro benzene ring substituents is 1. The number of phenolic OH excluding ortho intramolecular Hbond substituents is 1. The quantitative estimate of drug-likeness (QED) is 0.413. The maximum atomic E-state index is 12.6. The van der Waals surface area contributed by atoms with E-state index in [-0.39, 0.29) is 28.3 Å². The zero-order chi connectivity index (χ0) is 19.6. The normalized spacial score (nSPS) is 10.2. The number of rotatable bonds is 4. The number of phenols is 1. The minimum absolute atomic E-state index is 0.0840. The largest absolute Gasteiger partial charge is 0.507 e. The fourth-order valence-electron chi connectivity index (χ4n) is 2.52. The van der Waals surface area contributed by atoms with Crippen molar-refractivity contribution in [1.82, 2.24) is 4.98 Å². The number of carbonyl (C=O) groups is 1. The minimum Gasteiger partial charge on any atom is -0.507 e. The van der Waals surface area contributed by atoms with Crippen LogP contribution in [0.4, 0.5) is 11.4 Å². The van der Waals surface area contributed by atoms with E-state index in [4.69, 9.17) is 11.0 Å². The molecule has 3 rings (SSSR count). The molecule has 2 aromatic carbocycles. The SMILES string of the molecule is N#Cc1ccc(-c2ncc(C(=O)c3cc([N+](=O)[O-])ccc3O)cc2N)cc1. The molecular formula is C19H12N4O4. The molecule has 8 heteroatoms. The number of nitriles is 1. The summed E-state index contributed by atoms with van der Waals surface area (Å²) >= 11 is 0. The number of ketones is 1. The van der Waals surface area contributed by atoms with Crippen molar-refractivity contribution in [3.63, 3.8) is 0 Å². The minimum atomic E-state index is -0.656. The Kier molecular flexibility index (Phi) is 4.51. The highest BCUT2D eigenvalue weighted by atomic mass is 16.6. The molecular weight excluding hydrogens is 348 g/mol. The number of nitrogen functional groups attached to an aromatic ring is 1. The lowest BCUT2D eigenvalue weighted by Gasteiger charge is -2.08. The Morgan fingerprint density at radius 1 is 1.19 bits per heavy atom. The molecule has 0 amide bonds. The van der Waals surface area contributed by atoms with Gasteiger partial charge in [0.15, 0.2) is 5.78 Å². The average Bonchev–Trinajstić information content (AvgIpc) is 2.67. The van der Waals surface area contributed by atoms with E-state index in [1.165, 1.54) is 12.3 Å². The molecule has 3 aromatic rings. The van der Waals surface area contributed by atoms with Crippen molar-refractivity contribution in [1.29, 1.82) is 5.26 Å². The van der Waals surface area contributed by atoms with Gasteiger partial charge in [0.05, 0.1) is 33.5 Å². The second kappa shape index (κ2) is 6.93. The molecule has 0 aliphatic carbocycles. The van der Waals surface area contributed by atoms with Crippen LogP contribution < -0.4 is 5.73 Å². The van der Waals surface area contributed by atoms with Crippen LogP contribution in [0.5, 0.6) is 5.75 Å². The number of benzene rings is 2. The Morgan fingerprint density at radius 2 is 1.89 bits per heavy atom. The molecule has 0 aliphatic heterocycles.